The fraction of sp³-hybridized carbons (Fsp3) is 0.286. The highest BCUT2D eigenvalue weighted by molar-refractivity contribution is 5.58. The summed E-state index contributed by atoms with van der Waals surface area (Å²) >= 11 is 0. The summed E-state index contributed by atoms with van der Waals surface area (Å²) in [4.78, 5) is 0. The summed E-state index contributed by atoms with van der Waals surface area (Å²) in [6.45, 7) is 8.08. The van der Waals surface area contributed by atoms with Gasteiger partial charge in [-0.2, -0.15) is 0 Å². The molecule has 2 nitrogen and oxygen atoms in total. The van der Waals surface area contributed by atoms with Crippen LogP contribution in [0.5, 0.6) is 0 Å². The number of hydrogen-bond acceptors (Lipinski definition) is 2. The van der Waals surface area contributed by atoms with E-state index in [0.29, 0.717) is 5.92 Å². The van der Waals surface area contributed by atoms with E-state index in [0.717, 1.165) is 24.2 Å². The average molecular weight is 214 g/mol. The van der Waals surface area contributed by atoms with Crippen LogP contribution in [-0.4, -0.2) is 7.05 Å². The Hall–Kier alpha value is -1.70. The van der Waals surface area contributed by atoms with E-state index in [1.165, 1.54) is 11.3 Å². The fourth-order valence-corrected chi connectivity index (χ4v) is 2.08. The summed E-state index contributed by atoms with van der Waals surface area (Å²) in [5, 5.41) is 6.47. The van der Waals surface area contributed by atoms with Crippen molar-refractivity contribution in [2.24, 2.45) is 5.92 Å². The molecule has 1 aliphatic rings. The van der Waals surface area contributed by atoms with Gasteiger partial charge in [0, 0.05) is 30.0 Å². The zero-order chi connectivity index (χ0) is 11.5. The molecule has 0 radical (unpaired) electrons. The van der Waals surface area contributed by atoms with Crippen molar-refractivity contribution in [3.63, 3.8) is 0 Å². The lowest BCUT2D eigenvalue weighted by Gasteiger charge is -2.28. The van der Waals surface area contributed by atoms with Crippen LogP contribution in [0.25, 0.3) is 0 Å². The van der Waals surface area contributed by atoms with E-state index < -0.39 is 0 Å². The van der Waals surface area contributed by atoms with Crippen molar-refractivity contribution >= 4 is 5.69 Å². The minimum Gasteiger partial charge on any atom is -0.392 e. The first-order valence-electron chi connectivity index (χ1n) is 5.60. The minimum atomic E-state index is 0.440. The second-order valence-corrected chi connectivity index (χ2v) is 4.27. The van der Waals surface area contributed by atoms with Crippen molar-refractivity contribution in [1.29, 1.82) is 0 Å². The van der Waals surface area contributed by atoms with Gasteiger partial charge >= 0.3 is 0 Å². The Bertz CT molecular complexity index is 420. The van der Waals surface area contributed by atoms with Crippen LogP contribution >= 0.6 is 0 Å². The molecule has 2 N–H and O–H groups in total. The lowest BCUT2D eigenvalue weighted by Crippen LogP contribution is -2.22. The standard InChI is InChI=1S/C14H18N2/c1-10(15-3)8-13-9-12-6-4-5-7-14(12)16-11(13)2/h4-7,13,15-16H,1-2,8-9H2,3H3. The van der Waals surface area contributed by atoms with Crippen LogP contribution in [0.2, 0.25) is 0 Å². The number of benzene rings is 1. The summed E-state index contributed by atoms with van der Waals surface area (Å²) < 4.78 is 0. The molecule has 0 spiro atoms. The summed E-state index contributed by atoms with van der Waals surface area (Å²) in [7, 11) is 1.91. The summed E-state index contributed by atoms with van der Waals surface area (Å²) in [6.07, 6.45) is 1.99. The molecule has 2 rings (SSSR count). The molecule has 0 aromatic heterocycles. The number of nitrogens with one attached hydrogen (secondary N) is 2. The third-order valence-corrected chi connectivity index (χ3v) is 3.12. The molecule has 0 saturated carbocycles. The van der Waals surface area contributed by atoms with Gasteiger partial charge in [0.25, 0.3) is 0 Å². The second kappa shape index (κ2) is 4.44. The molecule has 1 heterocycles. The first kappa shape index (κ1) is 10.8. The van der Waals surface area contributed by atoms with Crippen LogP contribution in [0.4, 0.5) is 5.69 Å². The van der Waals surface area contributed by atoms with Gasteiger partial charge in [-0.25, -0.2) is 0 Å². The van der Waals surface area contributed by atoms with Crippen molar-refractivity contribution in [2.75, 3.05) is 12.4 Å². The van der Waals surface area contributed by atoms with Gasteiger partial charge in [0.15, 0.2) is 0 Å². The lowest BCUT2D eigenvalue weighted by atomic mass is 9.88. The molecule has 0 bridgehead atoms. The molecule has 16 heavy (non-hydrogen) atoms. The second-order valence-electron chi connectivity index (χ2n) is 4.27. The van der Waals surface area contributed by atoms with Crippen LogP contribution in [0.3, 0.4) is 0 Å². The monoisotopic (exact) mass is 214 g/mol. The molecular formula is C14H18N2. The number of fused-ring (bicyclic) bond motifs is 1. The summed E-state index contributed by atoms with van der Waals surface area (Å²) in [5.41, 5.74) is 4.71. The highest BCUT2D eigenvalue weighted by atomic mass is 14.9. The predicted octanol–water partition coefficient (Wildman–Crippen LogP) is 2.91. The van der Waals surface area contributed by atoms with Crippen molar-refractivity contribution in [1.82, 2.24) is 5.32 Å². The largest absolute Gasteiger partial charge is 0.392 e. The number of allylic oxidation sites excluding steroid dienone is 2. The van der Waals surface area contributed by atoms with E-state index in [4.69, 9.17) is 0 Å². The molecule has 1 atom stereocenters. The van der Waals surface area contributed by atoms with E-state index >= 15 is 0 Å². The minimum absolute atomic E-state index is 0.440. The number of rotatable bonds is 3. The zero-order valence-electron chi connectivity index (χ0n) is 9.72. The molecule has 0 fully saturated rings. The zero-order valence-corrected chi connectivity index (χ0v) is 9.72. The van der Waals surface area contributed by atoms with E-state index in [1.54, 1.807) is 0 Å². The van der Waals surface area contributed by atoms with Crippen LogP contribution in [0.1, 0.15) is 12.0 Å². The smallest absolute Gasteiger partial charge is 0.0414 e. The Labute approximate surface area is 97.1 Å². The van der Waals surface area contributed by atoms with Gasteiger partial charge in [0.05, 0.1) is 0 Å². The molecule has 0 saturated heterocycles. The molecule has 1 unspecified atom stereocenters. The van der Waals surface area contributed by atoms with Crippen molar-refractivity contribution in [3.05, 3.63) is 54.4 Å². The van der Waals surface area contributed by atoms with E-state index in [1.807, 2.05) is 13.1 Å². The SMILES string of the molecule is C=C(CC1Cc2ccccc2NC1=C)NC. The van der Waals surface area contributed by atoms with Gasteiger partial charge in [0.1, 0.15) is 0 Å². The molecule has 2 heteroatoms. The van der Waals surface area contributed by atoms with E-state index in [9.17, 15) is 0 Å². The Balaban J connectivity index is 2.15. The fourth-order valence-electron chi connectivity index (χ4n) is 2.08. The third-order valence-electron chi connectivity index (χ3n) is 3.12. The molecule has 0 aliphatic carbocycles. The van der Waals surface area contributed by atoms with Crippen LogP contribution in [0.15, 0.2) is 48.8 Å². The van der Waals surface area contributed by atoms with Crippen molar-refractivity contribution in [2.45, 2.75) is 12.8 Å². The van der Waals surface area contributed by atoms with Gasteiger partial charge in [-0.15, -0.1) is 0 Å². The quantitative estimate of drug-likeness (QED) is 0.808. The maximum absolute atomic E-state index is 4.10. The number of para-hydroxylation sites is 1. The van der Waals surface area contributed by atoms with Crippen molar-refractivity contribution in [3.8, 4) is 0 Å². The highest BCUT2D eigenvalue weighted by Gasteiger charge is 2.21. The maximum atomic E-state index is 4.10. The van der Waals surface area contributed by atoms with E-state index in [-0.39, 0.29) is 0 Å². The molecular weight excluding hydrogens is 196 g/mol. The topological polar surface area (TPSA) is 24.1 Å². The normalized spacial score (nSPS) is 18.6. The average Bonchev–Trinajstić information content (AvgIpc) is 2.30. The van der Waals surface area contributed by atoms with Gasteiger partial charge in [-0.3, -0.25) is 0 Å². The number of hydrogen-bond donors (Lipinski definition) is 2. The summed E-state index contributed by atoms with van der Waals surface area (Å²) in [6, 6.07) is 8.40. The molecule has 1 aromatic carbocycles. The first-order chi connectivity index (χ1) is 7.70. The lowest BCUT2D eigenvalue weighted by molar-refractivity contribution is 0.580. The van der Waals surface area contributed by atoms with Crippen LogP contribution in [0, 0.1) is 5.92 Å². The van der Waals surface area contributed by atoms with E-state index in [2.05, 4.69) is 42.0 Å². The predicted molar refractivity (Wildman–Crippen MR) is 69.2 cm³/mol. The van der Waals surface area contributed by atoms with Crippen LogP contribution < -0.4 is 10.6 Å². The number of anilines is 1. The Morgan fingerprint density at radius 3 is 3.00 bits per heavy atom. The molecule has 1 aliphatic heterocycles. The molecule has 0 amide bonds. The molecule has 1 aromatic rings. The van der Waals surface area contributed by atoms with Gasteiger partial charge in [-0.1, -0.05) is 31.4 Å². The first-order valence-corrected chi connectivity index (χ1v) is 5.60. The maximum Gasteiger partial charge on any atom is 0.0414 e. The highest BCUT2D eigenvalue weighted by Crippen LogP contribution is 2.32. The van der Waals surface area contributed by atoms with Gasteiger partial charge < -0.3 is 10.6 Å². The Morgan fingerprint density at radius 2 is 2.25 bits per heavy atom. The Kier molecular flexibility index (Phi) is 3.00. The van der Waals surface area contributed by atoms with Gasteiger partial charge in [-0.05, 0) is 24.5 Å². The van der Waals surface area contributed by atoms with Crippen LogP contribution in [-0.2, 0) is 6.42 Å². The third kappa shape index (κ3) is 2.11. The molecule has 84 valence electrons. The van der Waals surface area contributed by atoms with Gasteiger partial charge in [0.2, 0.25) is 0 Å². The van der Waals surface area contributed by atoms with Crippen molar-refractivity contribution < 1.29 is 0 Å². The Morgan fingerprint density at radius 1 is 1.50 bits per heavy atom. The summed E-state index contributed by atoms with van der Waals surface area (Å²) in [5.74, 6) is 0.440.